The van der Waals surface area contributed by atoms with E-state index < -0.39 is 0 Å². The van der Waals surface area contributed by atoms with Gasteiger partial charge in [0.1, 0.15) is 0 Å². The summed E-state index contributed by atoms with van der Waals surface area (Å²) in [6, 6.07) is 2.06. The Hall–Kier alpha value is -1.38. The van der Waals surface area contributed by atoms with Gasteiger partial charge < -0.3 is 5.32 Å². The summed E-state index contributed by atoms with van der Waals surface area (Å²) in [5, 5.41) is 2.95. The number of nitrogens with zero attached hydrogens (tertiary/aromatic N) is 1. The second kappa shape index (κ2) is 4.91. The molecule has 82 valence electrons. The summed E-state index contributed by atoms with van der Waals surface area (Å²) in [7, 11) is 0. The molecule has 15 heavy (non-hydrogen) atoms. The van der Waals surface area contributed by atoms with Gasteiger partial charge in [-0.3, -0.25) is 9.78 Å². The minimum atomic E-state index is -0.0209. The van der Waals surface area contributed by atoms with Crippen LogP contribution in [0.4, 0.5) is 0 Å². The molecule has 1 heterocycles. The summed E-state index contributed by atoms with van der Waals surface area (Å²) in [5.41, 5.74) is 2.47. The van der Waals surface area contributed by atoms with Gasteiger partial charge in [-0.25, -0.2) is 0 Å². The maximum atomic E-state index is 11.9. The summed E-state index contributed by atoms with van der Waals surface area (Å²) in [4.78, 5) is 16.0. The molecule has 0 aliphatic rings. The highest BCUT2D eigenvalue weighted by Crippen LogP contribution is 2.10. The molecule has 1 rings (SSSR count). The molecule has 0 aliphatic heterocycles. The molecule has 0 saturated heterocycles. The van der Waals surface area contributed by atoms with Gasteiger partial charge in [0.05, 0.1) is 11.3 Å². The lowest BCUT2D eigenvalue weighted by atomic mass is 10.1. The van der Waals surface area contributed by atoms with E-state index in [-0.39, 0.29) is 11.9 Å². The number of hydrogen-bond donors (Lipinski definition) is 1. The molecule has 0 bridgehead atoms. The van der Waals surface area contributed by atoms with E-state index in [0.29, 0.717) is 5.56 Å². The monoisotopic (exact) mass is 206 g/mol. The molecule has 1 aromatic rings. The van der Waals surface area contributed by atoms with Gasteiger partial charge in [0.15, 0.2) is 0 Å². The lowest BCUT2D eigenvalue weighted by Crippen LogP contribution is -2.33. The zero-order chi connectivity index (χ0) is 11.4. The van der Waals surface area contributed by atoms with Crippen LogP contribution in [0.2, 0.25) is 0 Å². The number of aryl methyl sites for hydroxylation is 2. The summed E-state index contributed by atoms with van der Waals surface area (Å²) in [6.07, 6.45) is 2.66. The Bertz CT molecular complexity index is 340. The summed E-state index contributed by atoms with van der Waals surface area (Å²) in [5.74, 6) is -0.0209. The Labute approximate surface area is 90.9 Å². The Kier molecular flexibility index (Phi) is 3.83. The topological polar surface area (TPSA) is 42.0 Å². The van der Waals surface area contributed by atoms with Gasteiger partial charge in [-0.2, -0.15) is 0 Å². The van der Waals surface area contributed by atoms with Crippen molar-refractivity contribution >= 4 is 5.91 Å². The highest BCUT2D eigenvalue weighted by atomic mass is 16.1. The van der Waals surface area contributed by atoms with Gasteiger partial charge in [-0.05, 0) is 38.8 Å². The zero-order valence-corrected chi connectivity index (χ0v) is 9.79. The van der Waals surface area contributed by atoms with Crippen molar-refractivity contribution in [1.82, 2.24) is 10.3 Å². The highest BCUT2D eigenvalue weighted by Gasteiger charge is 2.13. The van der Waals surface area contributed by atoms with Crippen molar-refractivity contribution in [3.05, 3.63) is 29.1 Å². The first-order chi connectivity index (χ1) is 7.06. The summed E-state index contributed by atoms with van der Waals surface area (Å²) < 4.78 is 0. The Morgan fingerprint density at radius 1 is 1.53 bits per heavy atom. The molecule has 3 nitrogen and oxygen atoms in total. The largest absolute Gasteiger partial charge is 0.350 e. The number of carbonyl (C=O) groups is 1. The van der Waals surface area contributed by atoms with Crippen molar-refractivity contribution in [2.24, 2.45) is 0 Å². The maximum Gasteiger partial charge on any atom is 0.253 e. The van der Waals surface area contributed by atoms with Gasteiger partial charge in [0, 0.05) is 12.2 Å². The molecule has 1 atom stereocenters. The van der Waals surface area contributed by atoms with Crippen molar-refractivity contribution in [3.8, 4) is 0 Å². The van der Waals surface area contributed by atoms with E-state index in [4.69, 9.17) is 0 Å². The smallest absolute Gasteiger partial charge is 0.253 e. The minimum Gasteiger partial charge on any atom is -0.350 e. The number of pyridine rings is 1. The number of aromatic nitrogens is 1. The predicted molar refractivity (Wildman–Crippen MR) is 60.9 cm³/mol. The van der Waals surface area contributed by atoms with Crippen molar-refractivity contribution in [2.45, 2.75) is 40.2 Å². The second-order valence-corrected chi connectivity index (χ2v) is 3.87. The molecule has 0 aliphatic carbocycles. The molecule has 1 aromatic heterocycles. The molecule has 3 heteroatoms. The van der Waals surface area contributed by atoms with E-state index in [1.54, 1.807) is 6.20 Å². The fourth-order valence-electron chi connectivity index (χ4n) is 1.44. The van der Waals surface area contributed by atoms with E-state index in [0.717, 1.165) is 17.7 Å². The van der Waals surface area contributed by atoms with Gasteiger partial charge in [-0.15, -0.1) is 0 Å². The van der Waals surface area contributed by atoms with Crippen molar-refractivity contribution in [3.63, 3.8) is 0 Å². The molecule has 0 saturated carbocycles. The number of amides is 1. The first-order valence-corrected chi connectivity index (χ1v) is 5.29. The van der Waals surface area contributed by atoms with Crippen molar-refractivity contribution < 1.29 is 4.79 Å². The van der Waals surface area contributed by atoms with Crippen LogP contribution in [-0.2, 0) is 0 Å². The summed E-state index contributed by atoms with van der Waals surface area (Å²) in [6.45, 7) is 7.84. The minimum absolute atomic E-state index is 0.0209. The molecular formula is C12H18N2O. The van der Waals surface area contributed by atoms with E-state index in [9.17, 15) is 4.79 Å². The average Bonchev–Trinajstić information content (AvgIpc) is 2.17. The maximum absolute atomic E-state index is 11.9. The van der Waals surface area contributed by atoms with Gasteiger partial charge in [0.2, 0.25) is 0 Å². The van der Waals surface area contributed by atoms with Crippen LogP contribution in [0.1, 0.15) is 41.9 Å². The second-order valence-electron chi connectivity index (χ2n) is 3.87. The number of hydrogen-bond acceptors (Lipinski definition) is 2. The predicted octanol–water partition coefficient (Wildman–Crippen LogP) is 2.23. The third kappa shape index (κ3) is 2.78. The standard InChI is InChI=1S/C12H18N2O/c1-5-9(3)14-12(15)11-8(2)6-7-13-10(11)4/h6-7,9H,5H2,1-4H3,(H,14,15). The summed E-state index contributed by atoms with van der Waals surface area (Å²) >= 11 is 0. The third-order valence-electron chi connectivity index (χ3n) is 2.57. The normalized spacial score (nSPS) is 12.3. The Balaban J connectivity index is 2.91. The van der Waals surface area contributed by atoms with Gasteiger partial charge >= 0.3 is 0 Å². The highest BCUT2D eigenvalue weighted by molar-refractivity contribution is 5.96. The SMILES string of the molecule is CCC(C)NC(=O)c1c(C)ccnc1C. The van der Waals surface area contributed by atoms with Crippen molar-refractivity contribution in [2.75, 3.05) is 0 Å². The van der Waals surface area contributed by atoms with Gasteiger partial charge in [-0.1, -0.05) is 6.92 Å². The Morgan fingerprint density at radius 3 is 2.73 bits per heavy atom. The number of rotatable bonds is 3. The molecule has 0 radical (unpaired) electrons. The number of carbonyl (C=O) groups excluding carboxylic acids is 1. The van der Waals surface area contributed by atoms with Crippen LogP contribution >= 0.6 is 0 Å². The van der Waals surface area contributed by atoms with E-state index >= 15 is 0 Å². The van der Waals surface area contributed by atoms with Crippen molar-refractivity contribution in [1.29, 1.82) is 0 Å². The van der Waals surface area contributed by atoms with Crippen LogP contribution in [0.3, 0.4) is 0 Å². The van der Waals surface area contributed by atoms with E-state index in [1.807, 2.05) is 33.8 Å². The lowest BCUT2D eigenvalue weighted by molar-refractivity contribution is 0.0937. The quantitative estimate of drug-likeness (QED) is 0.824. The molecule has 0 spiro atoms. The van der Waals surface area contributed by atoms with E-state index in [1.165, 1.54) is 0 Å². The zero-order valence-electron chi connectivity index (χ0n) is 9.79. The fourth-order valence-corrected chi connectivity index (χ4v) is 1.44. The molecule has 0 fully saturated rings. The van der Waals surface area contributed by atoms with Crippen LogP contribution in [0.25, 0.3) is 0 Å². The van der Waals surface area contributed by atoms with Gasteiger partial charge in [0.25, 0.3) is 5.91 Å². The molecule has 1 N–H and O–H groups in total. The Morgan fingerprint density at radius 2 is 2.20 bits per heavy atom. The average molecular weight is 206 g/mol. The fraction of sp³-hybridized carbons (Fsp3) is 0.500. The molecule has 1 amide bonds. The van der Waals surface area contributed by atoms with Crippen LogP contribution in [0.5, 0.6) is 0 Å². The van der Waals surface area contributed by atoms with Crippen LogP contribution in [-0.4, -0.2) is 16.9 Å². The third-order valence-corrected chi connectivity index (χ3v) is 2.57. The molecular weight excluding hydrogens is 188 g/mol. The van der Waals surface area contributed by atoms with Crippen LogP contribution in [0.15, 0.2) is 12.3 Å². The van der Waals surface area contributed by atoms with Crippen LogP contribution < -0.4 is 5.32 Å². The molecule has 0 aromatic carbocycles. The first kappa shape index (κ1) is 11.7. The number of nitrogens with one attached hydrogen (secondary N) is 1. The van der Waals surface area contributed by atoms with Crippen LogP contribution in [0, 0.1) is 13.8 Å². The molecule has 1 unspecified atom stereocenters. The van der Waals surface area contributed by atoms with E-state index in [2.05, 4.69) is 10.3 Å². The first-order valence-electron chi connectivity index (χ1n) is 5.29. The lowest BCUT2D eigenvalue weighted by Gasteiger charge is -2.13.